The van der Waals surface area contributed by atoms with Gasteiger partial charge >= 0.3 is 0 Å². The van der Waals surface area contributed by atoms with Crippen molar-refractivity contribution in [3.63, 3.8) is 0 Å². The maximum Gasteiger partial charge on any atom is 0.123 e. The first-order valence-corrected chi connectivity index (χ1v) is 7.27. The van der Waals surface area contributed by atoms with Crippen LogP contribution >= 0.6 is 0 Å². The van der Waals surface area contributed by atoms with E-state index >= 15 is 0 Å². The third-order valence-electron chi connectivity index (χ3n) is 4.00. The van der Waals surface area contributed by atoms with Crippen molar-refractivity contribution in [1.82, 2.24) is 4.90 Å². The number of rotatable bonds is 6. The highest BCUT2D eigenvalue weighted by Crippen LogP contribution is 2.26. The third-order valence-corrected chi connectivity index (χ3v) is 4.00. The highest BCUT2D eigenvalue weighted by molar-refractivity contribution is 5.38. The Balaban J connectivity index is 2.06. The first-order chi connectivity index (χ1) is 9.63. The molecular weight excluding hydrogens is 252 g/mol. The van der Waals surface area contributed by atoms with E-state index in [-0.39, 0.29) is 6.04 Å². The van der Waals surface area contributed by atoms with Crippen LogP contribution in [0, 0.1) is 5.92 Å². The summed E-state index contributed by atoms with van der Waals surface area (Å²) in [6.45, 7) is 6.01. The molecule has 1 heterocycles. The molecule has 1 saturated heterocycles. The van der Waals surface area contributed by atoms with Gasteiger partial charge in [0.1, 0.15) is 5.75 Å². The van der Waals surface area contributed by atoms with Crippen molar-refractivity contribution >= 4 is 0 Å². The average molecular weight is 278 g/mol. The molecular formula is C16H26N2O2. The standard InChI is InChI=1S/C16H26N2O2/c1-12(17)14-4-5-16(20-3)15(8-14)10-18-7-6-13(9-18)11-19-2/h4-5,8,12-13H,6-7,9-11,17H2,1-3H3. The van der Waals surface area contributed by atoms with Crippen molar-refractivity contribution in [2.75, 3.05) is 33.9 Å². The number of nitrogens with zero attached hydrogens (tertiary/aromatic N) is 1. The minimum atomic E-state index is 0.0551. The molecule has 2 atom stereocenters. The molecule has 1 fully saturated rings. The van der Waals surface area contributed by atoms with E-state index in [0.717, 1.165) is 37.6 Å². The maximum atomic E-state index is 5.97. The number of benzene rings is 1. The van der Waals surface area contributed by atoms with Crippen molar-refractivity contribution in [2.45, 2.75) is 25.9 Å². The quantitative estimate of drug-likeness (QED) is 0.866. The molecule has 0 saturated carbocycles. The second-order valence-corrected chi connectivity index (χ2v) is 5.71. The topological polar surface area (TPSA) is 47.7 Å². The summed E-state index contributed by atoms with van der Waals surface area (Å²) < 4.78 is 10.7. The van der Waals surface area contributed by atoms with E-state index < -0.39 is 0 Å². The molecule has 0 spiro atoms. The molecule has 2 rings (SSSR count). The Morgan fingerprint density at radius 3 is 2.85 bits per heavy atom. The molecule has 0 bridgehead atoms. The molecule has 4 heteroatoms. The number of ether oxygens (including phenoxy) is 2. The van der Waals surface area contributed by atoms with Crippen LogP contribution in [0.5, 0.6) is 5.75 Å². The maximum absolute atomic E-state index is 5.97. The molecule has 1 aromatic rings. The lowest BCUT2D eigenvalue weighted by Crippen LogP contribution is -2.22. The first kappa shape index (κ1) is 15.3. The van der Waals surface area contributed by atoms with Gasteiger partial charge in [0, 0.05) is 31.8 Å². The molecule has 0 aromatic heterocycles. The summed E-state index contributed by atoms with van der Waals surface area (Å²) in [6.07, 6.45) is 1.21. The molecule has 0 aliphatic carbocycles. The molecule has 2 unspecified atom stereocenters. The van der Waals surface area contributed by atoms with Gasteiger partial charge < -0.3 is 15.2 Å². The Bertz CT molecular complexity index is 434. The normalized spacial score (nSPS) is 21.1. The highest BCUT2D eigenvalue weighted by Gasteiger charge is 2.23. The van der Waals surface area contributed by atoms with Crippen LogP contribution in [0.25, 0.3) is 0 Å². The van der Waals surface area contributed by atoms with Crippen LogP contribution in [0.2, 0.25) is 0 Å². The zero-order valence-corrected chi connectivity index (χ0v) is 12.8. The van der Waals surface area contributed by atoms with Gasteiger partial charge in [0.25, 0.3) is 0 Å². The third kappa shape index (κ3) is 3.72. The van der Waals surface area contributed by atoms with Crippen LogP contribution < -0.4 is 10.5 Å². The molecule has 1 aromatic carbocycles. The molecule has 2 N–H and O–H groups in total. The number of likely N-dealkylation sites (tertiary alicyclic amines) is 1. The lowest BCUT2D eigenvalue weighted by molar-refractivity contribution is 0.152. The van der Waals surface area contributed by atoms with Crippen LogP contribution in [0.1, 0.15) is 30.5 Å². The van der Waals surface area contributed by atoms with Crippen LogP contribution in [0.4, 0.5) is 0 Å². The fourth-order valence-corrected chi connectivity index (χ4v) is 2.87. The second-order valence-electron chi connectivity index (χ2n) is 5.71. The van der Waals surface area contributed by atoms with Gasteiger partial charge in [0.05, 0.1) is 13.7 Å². The van der Waals surface area contributed by atoms with Crippen LogP contribution in [0.15, 0.2) is 18.2 Å². The predicted octanol–water partition coefficient (Wildman–Crippen LogP) is 2.18. The lowest BCUT2D eigenvalue weighted by Gasteiger charge is -2.19. The summed E-state index contributed by atoms with van der Waals surface area (Å²) in [5.41, 5.74) is 8.36. The van der Waals surface area contributed by atoms with Crippen LogP contribution in [-0.2, 0) is 11.3 Å². The summed E-state index contributed by atoms with van der Waals surface area (Å²) in [5, 5.41) is 0. The van der Waals surface area contributed by atoms with E-state index in [0.29, 0.717) is 5.92 Å². The van der Waals surface area contributed by atoms with Gasteiger partial charge in [-0.05, 0) is 43.5 Å². The molecule has 20 heavy (non-hydrogen) atoms. The zero-order valence-electron chi connectivity index (χ0n) is 12.8. The van der Waals surface area contributed by atoms with Crippen molar-refractivity contribution in [2.24, 2.45) is 11.7 Å². The van der Waals surface area contributed by atoms with Gasteiger partial charge in [-0.3, -0.25) is 4.90 Å². The fraction of sp³-hybridized carbons (Fsp3) is 0.625. The van der Waals surface area contributed by atoms with Crippen molar-refractivity contribution in [3.8, 4) is 5.75 Å². The monoisotopic (exact) mass is 278 g/mol. The number of nitrogens with two attached hydrogens (primary N) is 1. The SMILES string of the molecule is COCC1CCN(Cc2cc(C(C)N)ccc2OC)C1. The Morgan fingerprint density at radius 1 is 1.40 bits per heavy atom. The summed E-state index contributed by atoms with van der Waals surface area (Å²) >= 11 is 0. The van der Waals surface area contributed by atoms with Crippen molar-refractivity contribution in [1.29, 1.82) is 0 Å². The molecule has 1 aliphatic rings. The van der Waals surface area contributed by atoms with Crippen molar-refractivity contribution in [3.05, 3.63) is 29.3 Å². The number of methoxy groups -OCH3 is 2. The first-order valence-electron chi connectivity index (χ1n) is 7.27. The van der Waals surface area contributed by atoms with Gasteiger partial charge in [-0.15, -0.1) is 0 Å². The molecule has 4 nitrogen and oxygen atoms in total. The summed E-state index contributed by atoms with van der Waals surface area (Å²) in [5.74, 6) is 1.60. The number of hydrogen-bond acceptors (Lipinski definition) is 4. The van der Waals surface area contributed by atoms with Gasteiger partial charge in [-0.25, -0.2) is 0 Å². The van der Waals surface area contributed by atoms with Crippen molar-refractivity contribution < 1.29 is 9.47 Å². The zero-order chi connectivity index (χ0) is 14.5. The van der Waals surface area contributed by atoms with Crippen LogP contribution in [0.3, 0.4) is 0 Å². The smallest absolute Gasteiger partial charge is 0.123 e. The Hall–Kier alpha value is -1.10. The second kappa shape index (κ2) is 7.07. The Labute approximate surface area is 121 Å². The molecule has 1 aliphatic heterocycles. The average Bonchev–Trinajstić information content (AvgIpc) is 2.86. The molecule has 0 radical (unpaired) electrons. The van der Waals surface area contributed by atoms with E-state index in [9.17, 15) is 0 Å². The minimum Gasteiger partial charge on any atom is -0.496 e. The number of hydrogen-bond donors (Lipinski definition) is 1. The fourth-order valence-electron chi connectivity index (χ4n) is 2.87. The van der Waals surface area contributed by atoms with E-state index in [1.807, 2.05) is 19.1 Å². The minimum absolute atomic E-state index is 0.0551. The summed E-state index contributed by atoms with van der Waals surface area (Å²) in [6, 6.07) is 6.30. The predicted molar refractivity (Wildman–Crippen MR) is 80.9 cm³/mol. The largest absolute Gasteiger partial charge is 0.496 e. The Morgan fingerprint density at radius 2 is 2.20 bits per heavy atom. The highest BCUT2D eigenvalue weighted by atomic mass is 16.5. The lowest BCUT2D eigenvalue weighted by atomic mass is 10.0. The van der Waals surface area contributed by atoms with E-state index in [1.54, 1.807) is 14.2 Å². The van der Waals surface area contributed by atoms with E-state index in [2.05, 4.69) is 11.0 Å². The van der Waals surface area contributed by atoms with E-state index in [1.165, 1.54) is 12.0 Å². The van der Waals surface area contributed by atoms with Gasteiger partial charge in [-0.1, -0.05) is 6.07 Å². The van der Waals surface area contributed by atoms with Gasteiger partial charge in [0.15, 0.2) is 0 Å². The van der Waals surface area contributed by atoms with E-state index in [4.69, 9.17) is 15.2 Å². The van der Waals surface area contributed by atoms with Crippen LogP contribution in [-0.4, -0.2) is 38.8 Å². The summed E-state index contributed by atoms with van der Waals surface area (Å²) in [7, 11) is 3.50. The van der Waals surface area contributed by atoms with Gasteiger partial charge in [0.2, 0.25) is 0 Å². The molecule has 0 amide bonds. The Kier molecular flexibility index (Phi) is 5.40. The summed E-state index contributed by atoms with van der Waals surface area (Å²) in [4.78, 5) is 2.46. The van der Waals surface area contributed by atoms with Gasteiger partial charge in [-0.2, -0.15) is 0 Å². The molecule has 112 valence electrons.